The third-order valence-electron chi connectivity index (χ3n) is 0. The monoisotopic (exact) mass is 136 g/mol. The van der Waals surface area contributed by atoms with Crippen LogP contribution < -0.4 is 0 Å². The summed E-state index contributed by atoms with van der Waals surface area (Å²) in [6.07, 6.45) is 0. The van der Waals surface area contributed by atoms with Crippen molar-refractivity contribution in [2.24, 2.45) is 0 Å². The summed E-state index contributed by atoms with van der Waals surface area (Å²) in [7, 11) is 1.49. The van der Waals surface area contributed by atoms with Crippen LogP contribution in [0.15, 0.2) is 0 Å². The average molecular weight is 136 g/mol. The van der Waals surface area contributed by atoms with Crippen LogP contribution in [0.4, 0.5) is 0 Å². The van der Waals surface area contributed by atoms with Gasteiger partial charge in [-0.25, -0.2) is 0 Å². The summed E-state index contributed by atoms with van der Waals surface area (Å²) in [4.78, 5) is 0. The van der Waals surface area contributed by atoms with E-state index in [0.29, 0.717) is 0 Å². The van der Waals surface area contributed by atoms with Crippen molar-refractivity contribution in [1.29, 1.82) is 0 Å². The third kappa shape index (κ3) is 286. The second kappa shape index (κ2) is 18.1. The van der Waals surface area contributed by atoms with Crippen LogP contribution in [0.25, 0.3) is 0 Å². The minimum absolute atomic E-state index is 0.250. The molecule has 0 heterocycles. The Labute approximate surface area is 46.4 Å². The molecule has 0 radical (unpaired) electrons. The SMILES string of the molecule is CCO.C[O][Co]. The summed E-state index contributed by atoms with van der Waals surface area (Å²) in [6.45, 7) is 1.93. The fourth-order valence-electron chi connectivity index (χ4n) is 0. The van der Waals surface area contributed by atoms with Crippen molar-refractivity contribution in [2.45, 2.75) is 6.92 Å². The van der Waals surface area contributed by atoms with E-state index in [2.05, 4.69) is 19.9 Å². The van der Waals surface area contributed by atoms with Crippen molar-refractivity contribution >= 4 is 0 Å². The zero-order chi connectivity index (χ0) is 5.41. The van der Waals surface area contributed by atoms with Gasteiger partial charge in [-0.2, -0.15) is 0 Å². The minimum atomic E-state index is 0.250. The molecule has 42 valence electrons. The molecule has 0 spiro atoms. The van der Waals surface area contributed by atoms with Crippen molar-refractivity contribution in [1.82, 2.24) is 0 Å². The number of aliphatic hydroxyl groups excluding tert-OH is 1. The fraction of sp³-hybridized carbons (Fsp3) is 1.00. The number of hydrogen-bond acceptors (Lipinski definition) is 2. The Hall–Kier alpha value is 0.426. The Kier molecular flexibility index (Phi) is 29.1. The quantitative estimate of drug-likeness (QED) is 0.511. The van der Waals surface area contributed by atoms with Gasteiger partial charge in [0.05, 0.1) is 0 Å². The summed E-state index contributed by atoms with van der Waals surface area (Å²) in [5, 5.41) is 7.57. The standard InChI is InChI=1S/C2H6O.CH3O.Co/c1-2-3;1-2;/h3H,2H2,1H3;1H3;/q;-1;+1. The van der Waals surface area contributed by atoms with Crippen LogP contribution in [0.5, 0.6) is 0 Å². The molecular weight excluding hydrogens is 127 g/mol. The molecule has 2 nitrogen and oxygen atoms in total. The summed E-state index contributed by atoms with van der Waals surface area (Å²) in [6, 6.07) is 0. The summed E-state index contributed by atoms with van der Waals surface area (Å²) in [5.41, 5.74) is 0. The zero-order valence-corrected chi connectivity index (χ0v) is 4.94. The second-order valence-corrected chi connectivity index (χ2v) is 0.877. The summed E-state index contributed by atoms with van der Waals surface area (Å²) < 4.78 is 3.94. The van der Waals surface area contributed by atoms with Crippen LogP contribution in [0.2, 0.25) is 0 Å². The molecule has 1 N–H and O–H groups in total. The molecule has 0 amide bonds. The van der Waals surface area contributed by atoms with Gasteiger partial charge in [0.1, 0.15) is 0 Å². The second-order valence-electron chi connectivity index (χ2n) is 0.452. The third-order valence-corrected chi connectivity index (χ3v) is 0. The molecule has 0 aliphatic heterocycles. The molecule has 3 heteroatoms. The van der Waals surface area contributed by atoms with Gasteiger partial charge in [0, 0.05) is 6.61 Å². The van der Waals surface area contributed by atoms with Gasteiger partial charge in [0.25, 0.3) is 0 Å². The van der Waals surface area contributed by atoms with Crippen molar-refractivity contribution in [3.05, 3.63) is 0 Å². The van der Waals surface area contributed by atoms with Gasteiger partial charge >= 0.3 is 27.0 Å². The van der Waals surface area contributed by atoms with Crippen molar-refractivity contribution in [3.8, 4) is 0 Å². The van der Waals surface area contributed by atoms with Crippen LogP contribution >= 0.6 is 0 Å². The Morgan fingerprint density at radius 3 is 1.83 bits per heavy atom. The first-order valence-electron chi connectivity index (χ1n) is 1.57. The predicted molar refractivity (Wildman–Crippen MR) is 19.8 cm³/mol. The molecule has 0 fully saturated rings. The van der Waals surface area contributed by atoms with E-state index in [-0.39, 0.29) is 6.61 Å². The van der Waals surface area contributed by atoms with Crippen molar-refractivity contribution in [2.75, 3.05) is 13.7 Å². The van der Waals surface area contributed by atoms with Gasteiger partial charge in [0.15, 0.2) is 0 Å². The normalized spacial score (nSPS) is 6.17. The van der Waals surface area contributed by atoms with E-state index in [1.807, 2.05) is 0 Å². The van der Waals surface area contributed by atoms with E-state index in [4.69, 9.17) is 5.11 Å². The van der Waals surface area contributed by atoms with Gasteiger partial charge in [-0.3, -0.25) is 0 Å². The molecule has 0 aromatic heterocycles. The molecule has 0 saturated heterocycles. The molecular formula is C3H9CoO2. The first-order valence-corrected chi connectivity index (χ1v) is 1.99. The van der Waals surface area contributed by atoms with Crippen LogP contribution in [-0.2, 0) is 19.9 Å². The Morgan fingerprint density at radius 2 is 1.83 bits per heavy atom. The van der Waals surface area contributed by atoms with Crippen LogP contribution in [0.1, 0.15) is 6.92 Å². The molecule has 0 atom stereocenters. The molecule has 0 aromatic carbocycles. The van der Waals surface area contributed by atoms with E-state index in [9.17, 15) is 0 Å². The number of hydrogen-bond donors (Lipinski definition) is 1. The maximum absolute atomic E-state index is 7.57. The van der Waals surface area contributed by atoms with Gasteiger partial charge in [-0.1, -0.05) is 0 Å². The van der Waals surface area contributed by atoms with Gasteiger partial charge < -0.3 is 5.11 Å². The van der Waals surface area contributed by atoms with E-state index >= 15 is 0 Å². The van der Waals surface area contributed by atoms with E-state index in [1.54, 1.807) is 6.92 Å². The summed E-state index contributed by atoms with van der Waals surface area (Å²) in [5.74, 6) is 0. The van der Waals surface area contributed by atoms with Crippen molar-refractivity contribution < 1.29 is 25.0 Å². The average Bonchev–Trinajstić information content (AvgIpc) is 1.39. The molecule has 0 unspecified atom stereocenters. The van der Waals surface area contributed by atoms with E-state index < -0.39 is 0 Å². The van der Waals surface area contributed by atoms with Crippen LogP contribution in [0, 0.1) is 0 Å². The van der Waals surface area contributed by atoms with Crippen LogP contribution in [0.3, 0.4) is 0 Å². The molecule has 0 aliphatic rings. The Bertz CT molecular complexity index is 10.8. The van der Waals surface area contributed by atoms with Gasteiger partial charge in [-0.15, -0.1) is 0 Å². The molecule has 0 saturated carbocycles. The molecule has 0 bridgehead atoms. The van der Waals surface area contributed by atoms with Crippen LogP contribution in [-0.4, -0.2) is 18.8 Å². The molecule has 0 rings (SSSR count). The molecule has 0 aromatic rings. The van der Waals surface area contributed by atoms with Crippen molar-refractivity contribution in [3.63, 3.8) is 0 Å². The first-order chi connectivity index (χ1) is 2.83. The Morgan fingerprint density at radius 1 is 1.83 bits per heavy atom. The van der Waals surface area contributed by atoms with E-state index in [0.717, 1.165) is 0 Å². The van der Waals surface area contributed by atoms with Gasteiger partial charge in [-0.05, 0) is 6.92 Å². The molecule has 0 aliphatic carbocycles. The zero-order valence-electron chi connectivity index (χ0n) is 3.90. The topological polar surface area (TPSA) is 29.5 Å². The van der Waals surface area contributed by atoms with Gasteiger partial charge in [0.2, 0.25) is 0 Å². The van der Waals surface area contributed by atoms with E-state index in [1.165, 1.54) is 7.11 Å². The Balaban J connectivity index is 0. The fourth-order valence-corrected chi connectivity index (χ4v) is 0. The molecule has 6 heavy (non-hydrogen) atoms. The predicted octanol–water partition coefficient (Wildman–Crippen LogP) is 0.0932. The summed E-state index contributed by atoms with van der Waals surface area (Å²) >= 11 is 3.33. The first kappa shape index (κ1) is 9.66. The number of aliphatic hydroxyl groups is 1. The maximum atomic E-state index is 7.57. The number of rotatable bonds is 0.